The lowest BCUT2D eigenvalue weighted by Crippen LogP contribution is -2.17. The summed E-state index contributed by atoms with van der Waals surface area (Å²) in [5.41, 5.74) is 2.34. The van der Waals surface area contributed by atoms with E-state index in [1.807, 2.05) is 37.3 Å². The Labute approximate surface area is 142 Å². The van der Waals surface area contributed by atoms with Crippen molar-refractivity contribution in [1.82, 2.24) is 0 Å². The summed E-state index contributed by atoms with van der Waals surface area (Å²) in [5.74, 6) is -0.538. The summed E-state index contributed by atoms with van der Waals surface area (Å²) in [6.45, 7) is 2.00. The van der Waals surface area contributed by atoms with Crippen LogP contribution in [0.2, 0.25) is 0 Å². The van der Waals surface area contributed by atoms with E-state index in [9.17, 15) is 9.59 Å². The van der Waals surface area contributed by atoms with Crippen LogP contribution >= 0.6 is 15.9 Å². The van der Waals surface area contributed by atoms with Gasteiger partial charge in [-0.2, -0.15) is 0 Å². The largest absolute Gasteiger partial charge is 0.465 e. The van der Waals surface area contributed by atoms with Crippen LogP contribution in [-0.2, 0) is 16.1 Å². The van der Waals surface area contributed by atoms with Gasteiger partial charge in [-0.15, -0.1) is 0 Å². The molecule has 0 bridgehead atoms. The van der Waals surface area contributed by atoms with Crippen LogP contribution in [0.3, 0.4) is 0 Å². The fourth-order valence-corrected chi connectivity index (χ4v) is 2.28. The first-order chi connectivity index (χ1) is 11.0. The fourth-order valence-electron chi connectivity index (χ4n) is 1.93. The molecule has 0 spiro atoms. The normalized spacial score (nSPS) is 10.0. The average molecular weight is 378 g/mol. The molecule has 0 atom stereocenters. The number of methoxy groups -OCH3 is 1. The number of benzene rings is 2. The zero-order valence-corrected chi connectivity index (χ0v) is 14.3. The van der Waals surface area contributed by atoms with Gasteiger partial charge in [-0.25, -0.2) is 9.59 Å². The van der Waals surface area contributed by atoms with Crippen molar-refractivity contribution in [1.29, 1.82) is 0 Å². The Morgan fingerprint density at radius 1 is 1.17 bits per heavy atom. The van der Waals surface area contributed by atoms with Crippen molar-refractivity contribution in [3.8, 4) is 0 Å². The summed E-state index contributed by atoms with van der Waals surface area (Å²) in [6.07, 6.45) is -0.638. The van der Waals surface area contributed by atoms with Gasteiger partial charge >= 0.3 is 12.1 Å². The second kappa shape index (κ2) is 7.78. The van der Waals surface area contributed by atoms with E-state index >= 15 is 0 Å². The molecule has 0 heterocycles. The first-order valence-electron chi connectivity index (χ1n) is 6.87. The van der Waals surface area contributed by atoms with Crippen LogP contribution < -0.4 is 5.32 Å². The van der Waals surface area contributed by atoms with Gasteiger partial charge in [-0.1, -0.05) is 46.3 Å². The molecule has 23 heavy (non-hydrogen) atoms. The number of nitrogens with one attached hydrogen (secondary N) is 1. The molecule has 1 amide bonds. The van der Waals surface area contributed by atoms with Crippen LogP contribution in [0.15, 0.2) is 46.9 Å². The third-order valence-corrected chi connectivity index (χ3v) is 4.01. The molecule has 0 unspecified atom stereocenters. The molecule has 2 aromatic rings. The number of carbonyl (C=O) groups excluding carboxylic acids is 2. The lowest BCUT2D eigenvalue weighted by atomic mass is 10.1. The summed E-state index contributed by atoms with van der Waals surface area (Å²) < 4.78 is 10.6. The molecule has 0 saturated heterocycles. The van der Waals surface area contributed by atoms with Crippen LogP contribution in [0.4, 0.5) is 10.5 Å². The van der Waals surface area contributed by atoms with E-state index < -0.39 is 12.1 Å². The van der Waals surface area contributed by atoms with Gasteiger partial charge in [0.05, 0.1) is 18.4 Å². The minimum atomic E-state index is -0.638. The highest BCUT2D eigenvalue weighted by Gasteiger charge is 2.16. The van der Waals surface area contributed by atoms with Gasteiger partial charge < -0.3 is 9.47 Å². The van der Waals surface area contributed by atoms with Crippen molar-refractivity contribution in [2.45, 2.75) is 13.5 Å². The molecular weight excluding hydrogens is 362 g/mol. The van der Waals surface area contributed by atoms with Crippen LogP contribution in [0.1, 0.15) is 21.5 Å². The first kappa shape index (κ1) is 17.0. The number of rotatable bonds is 4. The highest BCUT2D eigenvalue weighted by molar-refractivity contribution is 9.10. The van der Waals surface area contributed by atoms with Crippen LogP contribution in [0.5, 0.6) is 0 Å². The number of ether oxygens (including phenoxy) is 2. The van der Waals surface area contributed by atoms with E-state index in [2.05, 4.69) is 21.2 Å². The molecule has 0 aliphatic rings. The number of aryl methyl sites for hydroxylation is 1. The Kier molecular flexibility index (Phi) is 5.76. The van der Waals surface area contributed by atoms with Gasteiger partial charge in [-0.05, 0) is 30.2 Å². The average Bonchev–Trinajstić information content (AvgIpc) is 2.56. The Bertz CT molecular complexity index is 716. The number of hydrogen-bond acceptors (Lipinski definition) is 4. The molecule has 0 aliphatic carbocycles. The van der Waals surface area contributed by atoms with Crippen molar-refractivity contribution < 1.29 is 19.1 Å². The number of anilines is 1. The smallest absolute Gasteiger partial charge is 0.411 e. The molecule has 0 fully saturated rings. The first-order valence-corrected chi connectivity index (χ1v) is 7.66. The van der Waals surface area contributed by atoms with E-state index in [1.54, 1.807) is 12.1 Å². The molecule has 5 nitrogen and oxygen atoms in total. The highest BCUT2D eigenvalue weighted by atomic mass is 79.9. The van der Waals surface area contributed by atoms with Gasteiger partial charge in [-0.3, -0.25) is 5.32 Å². The van der Waals surface area contributed by atoms with Gasteiger partial charge in [0.15, 0.2) is 0 Å². The second-order valence-corrected chi connectivity index (χ2v) is 5.68. The van der Waals surface area contributed by atoms with Gasteiger partial charge in [0.25, 0.3) is 0 Å². The summed E-state index contributed by atoms with van der Waals surface area (Å²) in [7, 11) is 1.29. The zero-order chi connectivity index (χ0) is 16.8. The molecule has 120 valence electrons. The van der Waals surface area contributed by atoms with E-state index in [1.165, 1.54) is 7.11 Å². The molecular formula is C17H16BrNO4. The minimum Gasteiger partial charge on any atom is -0.465 e. The Hall–Kier alpha value is -2.34. The molecule has 2 rings (SSSR count). The molecule has 1 N–H and O–H groups in total. The molecule has 0 aromatic heterocycles. The third kappa shape index (κ3) is 4.56. The molecule has 0 aliphatic heterocycles. The van der Waals surface area contributed by atoms with Gasteiger partial charge in [0, 0.05) is 4.47 Å². The Balaban J connectivity index is 2.10. The van der Waals surface area contributed by atoms with Crippen molar-refractivity contribution in [2.75, 3.05) is 12.4 Å². The van der Waals surface area contributed by atoms with Crippen LogP contribution in [0.25, 0.3) is 0 Å². The van der Waals surface area contributed by atoms with Crippen molar-refractivity contribution in [3.63, 3.8) is 0 Å². The quantitative estimate of drug-likeness (QED) is 0.806. The second-order valence-electron chi connectivity index (χ2n) is 4.83. The molecule has 0 radical (unpaired) electrons. The van der Waals surface area contributed by atoms with Crippen molar-refractivity contribution >= 4 is 33.7 Å². The Morgan fingerprint density at radius 3 is 2.52 bits per heavy atom. The topological polar surface area (TPSA) is 64.6 Å². The lowest BCUT2D eigenvalue weighted by molar-refractivity contribution is 0.0602. The monoisotopic (exact) mass is 377 g/mol. The predicted molar refractivity (Wildman–Crippen MR) is 90.5 cm³/mol. The minimum absolute atomic E-state index is 0.149. The summed E-state index contributed by atoms with van der Waals surface area (Å²) in [6, 6.07) is 12.6. The van der Waals surface area contributed by atoms with E-state index in [0.29, 0.717) is 5.69 Å². The maximum Gasteiger partial charge on any atom is 0.411 e. The lowest BCUT2D eigenvalue weighted by Gasteiger charge is -2.12. The number of esters is 1. The van der Waals surface area contributed by atoms with Crippen LogP contribution in [-0.4, -0.2) is 19.2 Å². The maximum atomic E-state index is 11.9. The molecule has 2 aromatic carbocycles. The zero-order valence-electron chi connectivity index (χ0n) is 12.8. The van der Waals surface area contributed by atoms with Crippen LogP contribution in [0, 0.1) is 6.92 Å². The standard InChI is InChI=1S/C17H16BrNO4/c1-11-8-15(13(9-14(11)18)16(20)22-2)19-17(21)23-10-12-6-4-3-5-7-12/h3-9H,10H2,1-2H3,(H,19,21). The maximum absolute atomic E-state index is 11.9. The summed E-state index contributed by atoms with van der Waals surface area (Å²) in [5, 5.41) is 2.58. The number of carbonyl (C=O) groups is 2. The predicted octanol–water partition coefficient (Wildman–Crippen LogP) is 4.29. The summed E-state index contributed by atoms with van der Waals surface area (Å²) >= 11 is 3.35. The van der Waals surface area contributed by atoms with E-state index in [4.69, 9.17) is 9.47 Å². The number of hydrogen-bond donors (Lipinski definition) is 1. The fraction of sp³-hybridized carbons (Fsp3) is 0.176. The van der Waals surface area contributed by atoms with E-state index in [0.717, 1.165) is 15.6 Å². The highest BCUT2D eigenvalue weighted by Crippen LogP contribution is 2.26. The van der Waals surface area contributed by atoms with Crippen molar-refractivity contribution in [3.05, 3.63) is 63.6 Å². The number of halogens is 1. The summed E-state index contributed by atoms with van der Waals surface area (Å²) in [4.78, 5) is 23.8. The number of amides is 1. The Morgan fingerprint density at radius 2 is 1.87 bits per heavy atom. The van der Waals surface area contributed by atoms with Crippen molar-refractivity contribution in [2.24, 2.45) is 0 Å². The van der Waals surface area contributed by atoms with E-state index in [-0.39, 0.29) is 12.2 Å². The third-order valence-electron chi connectivity index (χ3n) is 3.15. The van der Waals surface area contributed by atoms with Gasteiger partial charge in [0.2, 0.25) is 0 Å². The molecule has 0 saturated carbocycles. The van der Waals surface area contributed by atoms with Gasteiger partial charge in [0.1, 0.15) is 6.61 Å². The molecule has 6 heteroatoms. The SMILES string of the molecule is COC(=O)c1cc(Br)c(C)cc1NC(=O)OCc1ccccc1.